The van der Waals surface area contributed by atoms with Crippen LogP contribution in [0.2, 0.25) is 0 Å². The molecule has 1 aromatic carbocycles. The quantitative estimate of drug-likeness (QED) is 0.650. The second-order valence-electron chi connectivity index (χ2n) is 7.08. The van der Waals surface area contributed by atoms with Gasteiger partial charge < -0.3 is 10.6 Å². The Bertz CT molecular complexity index is 743. The lowest BCUT2D eigenvalue weighted by Crippen LogP contribution is -2.40. The van der Waals surface area contributed by atoms with Gasteiger partial charge in [0.05, 0.1) is 11.8 Å². The number of benzene rings is 1. The molecule has 4 amide bonds. The number of amides is 4. The van der Waals surface area contributed by atoms with Gasteiger partial charge in [-0.25, -0.2) is 4.79 Å². The molecule has 2 fully saturated rings. The highest BCUT2D eigenvalue weighted by Gasteiger charge is 2.58. The number of hydrogen-bond acceptors (Lipinski definition) is 3. The molecular formula is C19H21N3O3. The number of carbonyl (C=O) groups is 3. The van der Waals surface area contributed by atoms with Crippen molar-refractivity contribution in [3.05, 3.63) is 42.0 Å². The molecule has 2 bridgehead atoms. The Labute approximate surface area is 146 Å². The van der Waals surface area contributed by atoms with E-state index in [2.05, 4.69) is 22.8 Å². The zero-order valence-electron chi connectivity index (χ0n) is 14.1. The predicted octanol–water partition coefficient (Wildman–Crippen LogP) is 1.92. The molecule has 4 atom stereocenters. The van der Waals surface area contributed by atoms with Gasteiger partial charge in [0.15, 0.2) is 0 Å². The molecule has 25 heavy (non-hydrogen) atoms. The van der Waals surface area contributed by atoms with Gasteiger partial charge in [-0.05, 0) is 42.9 Å². The van der Waals surface area contributed by atoms with E-state index in [9.17, 15) is 14.4 Å². The summed E-state index contributed by atoms with van der Waals surface area (Å²) in [5, 5.41) is 5.46. The topological polar surface area (TPSA) is 78.5 Å². The van der Waals surface area contributed by atoms with Gasteiger partial charge in [-0.3, -0.25) is 14.5 Å². The highest BCUT2D eigenvalue weighted by atomic mass is 16.2. The van der Waals surface area contributed by atoms with Crippen LogP contribution in [0, 0.1) is 30.6 Å². The SMILES string of the molecule is Cc1cccc(NC(=O)NCCN2C(=O)[C@@H]3[C@@H](C2=O)[C@H]2C=C[C@H]3C2)c1. The average molecular weight is 339 g/mol. The monoisotopic (exact) mass is 339 g/mol. The summed E-state index contributed by atoms with van der Waals surface area (Å²) in [4.78, 5) is 38.3. The highest BCUT2D eigenvalue weighted by Crippen LogP contribution is 2.52. The zero-order chi connectivity index (χ0) is 17.6. The number of rotatable bonds is 4. The van der Waals surface area contributed by atoms with E-state index in [0.29, 0.717) is 5.69 Å². The Morgan fingerprint density at radius 1 is 1.16 bits per heavy atom. The summed E-state index contributed by atoms with van der Waals surface area (Å²) < 4.78 is 0. The number of imide groups is 1. The predicted molar refractivity (Wildman–Crippen MR) is 92.6 cm³/mol. The Hall–Kier alpha value is -2.63. The van der Waals surface area contributed by atoms with Gasteiger partial charge in [-0.2, -0.15) is 0 Å². The number of aryl methyl sites for hydroxylation is 1. The van der Waals surface area contributed by atoms with Crippen molar-refractivity contribution >= 4 is 23.5 Å². The van der Waals surface area contributed by atoms with E-state index in [0.717, 1.165) is 12.0 Å². The molecular weight excluding hydrogens is 318 g/mol. The lowest BCUT2D eigenvalue weighted by molar-refractivity contribution is -0.140. The summed E-state index contributed by atoms with van der Waals surface area (Å²) in [6.07, 6.45) is 5.08. The van der Waals surface area contributed by atoms with Crippen molar-refractivity contribution in [1.82, 2.24) is 10.2 Å². The van der Waals surface area contributed by atoms with Crippen molar-refractivity contribution in [2.75, 3.05) is 18.4 Å². The van der Waals surface area contributed by atoms with Crippen LogP contribution in [0.4, 0.5) is 10.5 Å². The van der Waals surface area contributed by atoms with E-state index in [1.165, 1.54) is 4.90 Å². The minimum Gasteiger partial charge on any atom is -0.336 e. The van der Waals surface area contributed by atoms with E-state index in [1.54, 1.807) is 0 Å². The Balaban J connectivity index is 1.30. The molecule has 3 aliphatic rings. The van der Waals surface area contributed by atoms with Crippen LogP contribution in [-0.4, -0.2) is 35.8 Å². The van der Waals surface area contributed by atoms with E-state index < -0.39 is 0 Å². The summed E-state index contributed by atoms with van der Waals surface area (Å²) in [6.45, 7) is 2.43. The van der Waals surface area contributed by atoms with Crippen LogP contribution in [-0.2, 0) is 9.59 Å². The van der Waals surface area contributed by atoms with E-state index >= 15 is 0 Å². The van der Waals surface area contributed by atoms with Crippen LogP contribution < -0.4 is 10.6 Å². The first-order chi connectivity index (χ1) is 12.0. The fourth-order valence-electron chi connectivity index (χ4n) is 4.36. The number of urea groups is 1. The van der Waals surface area contributed by atoms with Crippen molar-refractivity contribution in [1.29, 1.82) is 0 Å². The van der Waals surface area contributed by atoms with E-state index in [-0.39, 0.29) is 54.6 Å². The normalized spacial score (nSPS) is 29.2. The molecule has 1 saturated carbocycles. The summed E-state index contributed by atoms with van der Waals surface area (Å²) >= 11 is 0. The number of hydrogen-bond donors (Lipinski definition) is 2. The van der Waals surface area contributed by atoms with Gasteiger partial charge in [0, 0.05) is 18.8 Å². The molecule has 1 aliphatic heterocycles. The number of nitrogens with zero attached hydrogens (tertiary/aromatic N) is 1. The third-order valence-corrected chi connectivity index (χ3v) is 5.46. The summed E-state index contributed by atoms with van der Waals surface area (Å²) in [7, 11) is 0. The van der Waals surface area contributed by atoms with Crippen molar-refractivity contribution in [2.24, 2.45) is 23.7 Å². The molecule has 0 aromatic heterocycles. The molecule has 0 unspecified atom stereocenters. The Kier molecular flexibility index (Phi) is 3.82. The van der Waals surface area contributed by atoms with Gasteiger partial charge in [0.1, 0.15) is 0 Å². The smallest absolute Gasteiger partial charge is 0.319 e. The first-order valence-corrected chi connectivity index (χ1v) is 8.69. The summed E-state index contributed by atoms with van der Waals surface area (Å²) in [6, 6.07) is 7.16. The first-order valence-electron chi connectivity index (χ1n) is 8.69. The van der Waals surface area contributed by atoms with Crippen molar-refractivity contribution in [3.8, 4) is 0 Å². The van der Waals surface area contributed by atoms with Crippen LogP contribution in [0.1, 0.15) is 12.0 Å². The largest absolute Gasteiger partial charge is 0.336 e. The van der Waals surface area contributed by atoms with Gasteiger partial charge >= 0.3 is 6.03 Å². The minimum absolute atomic E-state index is 0.0762. The highest BCUT2D eigenvalue weighted by molar-refractivity contribution is 6.06. The third-order valence-electron chi connectivity index (χ3n) is 5.46. The fourth-order valence-corrected chi connectivity index (χ4v) is 4.36. The standard InChI is InChI=1S/C19H21N3O3/c1-11-3-2-4-14(9-11)21-19(25)20-7-8-22-17(23)15-12-5-6-13(10-12)16(15)18(22)24/h2-6,9,12-13,15-16H,7-8,10H2,1H3,(H2,20,21,25)/t12-,13-,15-,16-/m0/s1. The molecule has 2 N–H and O–H groups in total. The summed E-state index contributed by atoms with van der Waals surface area (Å²) in [5.74, 6) is -0.0734. The fraction of sp³-hybridized carbons (Fsp3) is 0.421. The Morgan fingerprint density at radius 3 is 2.48 bits per heavy atom. The lowest BCUT2D eigenvalue weighted by Gasteiger charge is -2.17. The van der Waals surface area contributed by atoms with Crippen molar-refractivity contribution < 1.29 is 14.4 Å². The van der Waals surface area contributed by atoms with Gasteiger partial charge in [0.2, 0.25) is 11.8 Å². The molecule has 4 rings (SSSR count). The van der Waals surface area contributed by atoms with Crippen molar-refractivity contribution in [3.63, 3.8) is 0 Å². The molecule has 2 aliphatic carbocycles. The van der Waals surface area contributed by atoms with Crippen LogP contribution in [0.3, 0.4) is 0 Å². The van der Waals surface area contributed by atoms with Crippen molar-refractivity contribution in [2.45, 2.75) is 13.3 Å². The number of carbonyl (C=O) groups excluding carboxylic acids is 3. The van der Waals surface area contributed by atoms with Crippen LogP contribution in [0.15, 0.2) is 36.4 Å². The molecule has 1 aromatic rings. The molecule has 1 heterocycles. The van der Waals surface area contributed by atoms with Crippen LogP contribution in [0.5, 0.6) is 0 Å². The molecule has 0 radical (unpaired) electrons. The number of anilines is 1. The maximum atomic E-state index is 12.5. The molecule has 6 nitrogen and oxygen atoms in total. The average Bonchev–Trinajstić information content (AvgIpc) is 3.24. The van der Waals surface area contributed by atoms with Gasteiger partial charge in [-0.1, -0.05) is 24.3 Å². The van der Waals surface area contributed by atoms with E-state index in [4.69, 9.17) is 0 Å². The number of fused-ring (bicyclic) bond motifs is 5. The molecule has 0 spiro atoms. The maximum Gasteiger partial charge on any atom is 0.319 e. The number of nitrogens with one attached hydrogen (secondary N) is 2. The first kappa shape index (κ1) is 15.9. The van der Waals surface area contributed by atoms with Gasteiger partial charge in [-0.15, -0.1) is 0 Å². The number of allylic oxidation sites excluding steroid dienone is 2. The lowest BCUT2D eigenvalue weighted by atomic mass is 9.85. The second-order valence-corrected chi connectivity index (χ2v) is 7.08. The summed E-state index contributed by atoms with van der Waals surface area (Å²) in [5.41, 5.74) is 1.77. The molecule has 6 heteroatoms. The van der Waals surface area contributed by atoms with Gasteiger partial charge in [0.25, 0.3) is 0 Å². The van der Waals surface area contributed by atoms with Crippen LogP contribution in [0.25, 0.3) is 0 Å². The second kappa shape index (κ2) is 6.02. The van der Waals surface area contributed by atoms with E-state index in [1.807, 2.05) is 31.2 Å². The molecule has 1 saturated heterocycles. The van der Waals surface area contributed by atoms with Crippen LogP contribution >= 0.6 is 0 Å². The Morgan fingerprint density at radius 2 is 1.84 bits per heavy atom. The molecule has 130 valence electrons. The number of likely N-dealkylation sites (tertiary alicyclic amines) is 1. The minimum atomic E-state index is -0.341. The zero-order valence-corrected chi connectivity index (χ0v) is 14.1. The third kappa shape index (κ3) is 2.71. The maximum absolute atomic E-state index is 12.5.